The number of carboxylic acids is 1. The van der Waals surface area contributed by atoms with Gasteiger partial charge in [0.15, 0.2) is 0 Å². The van der Waals surface area contributed by atoms with Crippen LogP contribution < -0.4 is 0 Å². The summed E-state index contributed by atoms with van der Waals surface area (Å²) in [5.74, 6) is -0.654. The van der Waals surface area contributed by atoms with Crippen molar-refractivity contribution in [3.05, 3.63) is 0 Å². The average Bonchev–Trinajstić information content (AvgIpc) is 2.48. The molecule has 3 heteroatoms. The van der Waals surface area contributed by atoms with Gasteiger partial charge in [0.2, 0.25) is 0 Å². The number of unbranched alkanes of at least 4 members (excludes halogenated alkanes) is 13. The van der Waals surface area contributed by atoms with E-state index >= 15 is 0 Å². The Morgan fingerprint density at radius 3 is 1.23 bits per heavy atom. The van der Waals surface area contributed by atoms with E-state index in [-0.39, 0.29) is 0 Å². The smallest absolute Gasteiger partial charge is 0.303 e. The van der Waals surface area contributed by atoms with Gasteiger partial charge in [-0.3, -0.25) is 4.79 Å². The Morgan fingerprint density at radius 2 is 0.955 bits per heavy atom. The number of carbonyl (C=O) groups is 1. The summed E-state index contributed by atoms with van der Waals surface area (Å²) in [4.78, 5) is 10.3. The van der Waals surface area contributed by atoms with Gasteiger partial charge in [0.25, 0.3) is 0 Å². The molecule has 0 rings (SSSR count). The number of carboxylic acid groups (broad SMARTS) is 1. The van der Waals surface area contributed by atoms with E-state index in [0.717, 1.165) is 12.8 Å². The third kappa shape index (κ3) is 27.7. The van der Waals surface area contributed by atoms with Crippen molar-refractivity contribution in [2.24, 2.45) is 0 Å². The molecule has 134 valence electrons. The highest BCUT2D eigenvalue weighted by atomic mass is 16.4. The van der Waals surface area contributed by atoms with Crippen LogP contribution in [-0.2, 0) is 9.53 Å². The minimum Gasteiger partial charge on any atom is -0.481 e. The Balaban J connectivity index is 0. The van der Waals surface area contributed by atoms with E-state index in [9.17, 15) is 4.79 Å². The fourth-order valence-corrected chi connectivity index (χ4v) is 2.47. The van der Waals surface area contributed by atoms with Gasteiger partial charge in [-0.25, -0.2) is 0 Å². The van der Waals surface area contributed by atoms with Crippen molar-refractivity contribution in [2.75, 3.05) is 14.2 Å². The molecule has 0 unspecified atom stereocenters. The van der Waals surface area contributed by atoms with Crippen LogP contribution in [0, 0.1) is 0 Å². The fourth-order valence-electron chi connectivity index (χ4n) is 2.47. The van der Waals surface area contributed by atoms with E-state index in [4.69, 9.17) is 5.11 Å². The first-order valence-corrected chi connectivity index (χ1v) is 9.30. The second-order valence-electron chi connectivity index (χ2n) is 6.15. The second kappa shape index (κ2) is 22.7. The minimum absolute atomic E-state index is 0.345. The highest BCUT2D eigenvalue weighted by Gasteiger charge is 1.96. The van der Waals surface area contributed by atoms with Crippen LogP contribution in [0.4, 0.5) is 0 Å². The molecule has 0 fully saturated rings. The van der Waals surface area contributed by atoms with Crippen LogP contribution in [-0.4, -0.2) is 25.3 Å². The largest absolute Gasteiger partial charge is 0.481 e. The van der Waals surface area contributed by atoms with Gasteiger partial charge in [0.1, 0.15) is 0 Å². The average molecular weight is 317 g/mol. The van der Waals surface area contributed by atoms with Crippen molar-refractivity contribution < 1.29 is 14.6 Å². The topological polar surface area (TPSA) is 46.5 Å². The molecule has 3 nitrogen and oxygen atoms in total. The van der Waals surface area contributed by atoms with Crippen molar-refractivity contribution in [1.29, 1.82) is 0 Å². The summed E-state index contributed by atoms with van der Waals surface area (Å²) in [6.45, 7) is 2.27. The number of hydrogen-bond donors (Lipinski definition) is 1. The molecule has 0 aromatic carbocycles. The molecule has 0 amide bonds. The van der Waals surface area contributed by atoms with Crippen molar-refractivity contribution in [3.63, 3.8) is 0 Å². The molecule has 0 saturated carbocycles. The highest BCUT2D eigenvalue weighted by Crippen LogP contribution is 2.13. The molecule has 0 aliphatic rings. The lowest BCUT2D eigenvalue weighted by atomic mass is 10.0. The van der Waals surface area contributed by atoms with Crippen molar-refractivity contribution in [2.45, 2.75) is 103 Å². The van der Waals surface area contributed by atoms with Gasteiger partial charge in [-0.1, -0.05) is 90.4 Å². The molecule has 0 aromatic heterocycles. The Morgan fingerprint density at radius 1 is 0.682 bits per heavy atom. The molecule has 0 heterocycles. The predicted molar refractivity (Wildman–Crippen MR) is 95.5 cm³/mol. The van der Waals surface area contributed by atoms with E-state index in [0.29, 0.717) is 6.42 Å². The zero-order valence-corrected chi connectivity index (χ0v) is 15.4. The molecular weight excluding hydrogens is 276 g/mol. The van der Waals surface area contributed by atoms with Gasteiger partial charge in [-0.2, -0.15) is 0 Å². The summed E-state index contributed by atoms with van der Waals surface area (Å²) in [6.07, 6.45) is 18.7. The molecule has 0 saturated heterocycles. The molecule has 0 radical (unpaired) electrons. The molecule has 0 aliphatic heterocycles. The van der Waals surface area contributed by atoms with Crippen LogP contribution >= 0.6 is 0 Å². The van der Waals surface area contributed by atoms with Crippen molar-refractivity contribution >= 4 is 5.97 Å². The van der Waals surface area contributed by atoms with Gasteiger partial charge < -0.3 is 9.84 Å². The lowest BCUT2D eigenvalue weighted by Gasteiger charge is -2.02. The molecule has 0 atom stereocenters. The maximum Gasteiger partial charge on any atom is 0.303 e. The fraction of sp³-hybridized carbons (Fsp3) is 0.947. The maximum atomic E-state index is 10.3. The molecule has 22 heavy (non-hydrogen) atoms. The van der Waals surface area contributed by atoms with Crippen LogP contribution in [0.5, 0.6) is 0 Å². The summed E-state index contributed by atoms with van der Waals surface area (Å²) in [5.41, 5.74) is 0. The first-order chi connectivity index (χ1) is 10.7. The SMILES string of the molecule is CCCCCCCCCCCCCCCCC(=O)O.COC. The van der Waals surface area contributed by atoms with Crippen LogP contribution in [0.1, 0.15) is 103 Å². The van der Waals surface area contributed by atoms with Gasteiger partial charge in [-0.05, 0) is 6.42 Å². The van der Waals surface area contributed by atoms with E-state index in [1.807, 2.05) is 0 Å². The van der Waals surface area contributed by atoms with Crippen LogP contribution in [0.2, 0.25) is 0 Å². The summed E-state index contributed by atoms with van der Waals surface area (Å²) in [5, 5.41) is 8.50. The number of aliphatic carboxylic acids is 1. The first-order valence-electron chi connectivity index (χ1n) is 9.30. The lowest BCUT2D eigenvalue weighted by molar-refractivity contribution is -0.137. The van der Waals surface area contributed by atoms with Crippen molar-refractivity contribution in [3.8, 4) is 0 Å². The zero-order valence-electron chi connectivity index (χ0n) is 15.4. The van der Waals surface area contributed by atoms with E-state index in [1.54, 1.807) is 14.2 Å². The zero-order chi connectivity index (χ0) is 16.9. The van der Waals surface area contributed by atoms with Gasteiger partial charge in [0, 0.05) is 20.6 Å². The molecule has 0 aliphatic carbocycles. The second-order valence-corrected chi connectivity index (χ2v) is 6.15. The van der Waals surface area contributed by atoms with Crippen LogP contribution in [0.25, 0.3) is 0 Å². The number of hydrogen-bond acceptors (Lipinski definition) is 2. The monoisotopic (exact) mass is 316 g/mol. The van der Waals surface area contributed by atoms with Crippen molar-refractivity contribution in [1.82, 2.24) is 0 Å². The quantitative estimate of drug-likeness (QED) is 0.366. The van der Waals surface area contributed by atoms with E-state index in [2.05, 4.69) is 11.7 Å². The standard InChI is InChI=1S/C17H34O2.C2H6O/c1-2-3-4-5-6-7-8-9-10-11-12-13-14-15-16-17(18)19;1-3-2/h2-16H2,1H3,(H,18,19);1-2H3. The summed E-state index contributed by atoms with van der Waals surface area (Å²) < 4.78 is 4.25. The Kier molecular flexibility index (Phi) is 24.5. The van der Waals surface area contributed by atoms with Crippen LogP contribution in [0.3, 0.4) is 0 Å². The molecule has 0 aromatic rings. The summed E-state index contributed by atoms with van der Waals surface area (Å²) in [6, 6.07) is 0. The minimum atomic E-state index is -0.654. The Hall–Kier alpha value is -0.570. The number of ether oxygens (including phenoxy) is 1. The van der Waals surface area contributed by atoms with E-state index in [1.165, 1.54) is 77.0 Å². The Bertz CT molecular complexity index is 205. The summed E-state index contributed by atoms with van der Waals surface area (Å²) >= 11 is 0. The molecular formula is C19H40O3. The molecule has 1 N–H and O–H groups in total. The number of methoxy groups -OCH3 is 1. The van der Waals surface area contributed by atoms with Gasteiger partial charge in [0.05, 0.1) is 0 Å². The van der Waals surface area contributed by atoms with Gasteiger partial charge >= 0.3 is 5.97 Å². The third-order valence-corrected chi connectivity index (χ3v) is 3.74. The normalized spacial score (nSPS) is 10.1. The highest BCUT2D eigenvalue weighted by molar-refractivity contribution is 5.66. The van der Waals surface area contributed by atoms with E-state index < -0.39 is 5.97 Å². The first kappa shape index (κ1) is 23.7. The number of rotatable bonds is 15. The predicted octanol–water partition coefficient (Wildman–Crippen LogP) is 6.21. The Labute approximate surface area is 138 Å². The maximum absolute atomic E-state index is 10.3. The van der Waals surface area contributed by atoms with Gasteiger partial charge in [-0.15, -0.1) is 0 Å². The lowest BCUT2D eigenvalue weighted by Crippen LogP contribution is -1.93. The van der Waals surface area contributed by atoms with Crippen LogP contribution in [0.15, 0.2) is 0 Å². The third-order valence-electron chi connectivity index (χ3n) is 3.74. The summed E-state index contributed by atoms with van der Waals surface area (Å²) in [7, 11) is 3.25. The molecule has 0 spiro atoms. The molecule has 0 bridgehead atoms.